The van der Waals surface area contributed by atoms with Crippen molar-refractivity contribution in [2.24, 2.45) is 23.7 Å². The van der Waals surface area contributed by atoms with Crippen molar-refractivity contribution in [2.45, 2.75) is 116 Å². The van der Waals surface area contributed by atoms with E-state index in [0.717, 1.165) is 24.1 Å². The van der Waals surface area contributed by atoms with E-state index >= 15 is 0 Å². The van der Waals surface area contributed by atoms with Crippen LogP contribution in [0.5, 0.6) is 0 Å². The predicted molar refractivity (Wildman–Crippen MR) is 180 cm³/mol. The van der Waals surface area contributed by atoms with E-state index in [4.69, 9.17) is 27.8 Å². The van der Waals surface area contributed by atoms with Crippen molar-refractivity contribution in [1.29, 1.82) is 0 Å². The number of anilines is 1. The molecule has 2 saturated heterocycles. The first-order valence-corrected chi connectivity index (χ1v) is 17.0. The topological polar surface area (TPSA) is 139 Å². The molecule has 2 N–H and O–H groups in total. The number of methoxy groups -OCH3 is 1. The summed E-state index contributed by atoms with van der Waals surface area (Å²) in [7, 11) is 8.28. The Bertz CT molecular complexity index is 1420. The lowest BCUT2D eigenvalue weighted by Gasteiger charge is -2.43. The number of nitrogens with zero attached hydrogens (tertiary/aromatic N) is 4. The summed E-state index contributed by atoms with van der Waals surface area (Å²) in [6.07, 6.45) is 3.95. The lowest BCUT2D eigenvalue weighted by atomic mass is 9.62. The number of Topliss-reactive ketones (excluding diaryl/α,β-unsaturated/α-hetero) is 1. The Labute approximate surface area is 280 Å². The molecule has 2 radical (unpaired) electrons. The molecule has 3 heterocycles. The van der Waals surface area contributed by atoms with Crippen LogP contribution in [0.25, 0.3) is 11.3 Å². The lowest BCUT2D eigenvalue weighted by molar-refractivity contribution is -0.171. The number of amides is 1. The highest BCUT2D eigenvalue weighted by atomic mass is 16.6. The number of fused-ring (bicyclic) bond motifs is 1. The van der Waals surface area contributed by atoms with Crippen molar-refractivity contribution >= 4 is 31.4 Å². The number of ether oxygens (including phenoxy) is 3. The number of hydrogen-bond donors (Lipinski definition) is 1. The van der Waals surface area contributed by atoms with Crippen LogP contribution in [0.4, 0.5) is 10.5 Å². The molecule has 2 aliphatic rings. The highest BCUT2D eigenvalue weighted by Gasteiger charge is 2.58. The van der Waals surface area contributed by atoms with Gasteiger partial charge in [-0.15, -0.1) is 5.10 Å². The molecule has 9 atom stereocenters. The van der Waals surface area contributed by atoms with Gasteiger partial charge in [-0.25, -0.2) is 4.79 Å². The first-order chi connectivity index (χ1) is 22.1. The fourth-order valence-corrected chi connectivity index (χ4v) is 7.84. The zero-order valence-electron chi connectivity index (χ0n) is 29.3. The summed E-state index contributed by atoms with van der Waals surface area (Å²) in [4.78, 5) is 42.3. The number of carbonyl (C=O) groups is 3. The van der Waals surface area contributed by atoms with E-state index in [9.17, 15) is 14.4 Å². The Balaban J connectivity index is 1.55. The van der Waals surface area contributed by atoms with Gasteiger partial charge in [0.1, 0.15) is 23.5 Å². The molecule has 0 aliphatic carbocycles. The lowest BCUT2D eigenvalue weighted by Crippen LogP contribution is -2.56. The monoisotopic (exact) mass is 649 g/mol. The van der Waals surface area contributed by atoms with E-state index in [0.29, 0.717) is 38.0 Å². The summed E-state index contributed by atoms with van der Waals surface area (Å²) < 4.78 is 20.0. The summed E-state index contributed by atoms with van der Waals surface area (Å²) in [5.41, 5.74) is 6.33. The zero-order chi connectivity index (χ0) is 34.7. The van der Waals surface area contributed by atoms with E-state index in [1.165, 1.54) is 0 Å². The maximum atomic E-state index is 13.6. The molecule has 256 valence electrons. The van der Waals surface area contributed by atoms with Crippen molar-refractivity contribution in [1.82, 2.24) is 19.9 Å². The molecule has 1 amide bonds. The molecule has 11 nitrogen and oxygen atoms in total. The summed E-state index contributed by atoms with van der Waals surface area (Å²) in [5, 5.41) is 8.56. The largest absolute Gasteiger partial charge is 0.458 e. The minimum atomic E-state index is -1.11. The molecule has 2 fully saturated rings. The molecule has 2 aliphatic heterocycles. The van der Waals surface area contributed by atoms with Crippen molar-refractivity contribution in [2.75, 3.05) is 19.4 Å². The Morgan fingerprint density at radius 3 is 2.47 bits per heavy atom. The molecule has 0 bridgehead atoms. The molecule has 1 aromatic carbocycles. The van der Waals surface area contributed by atoms with Crippen LogP contribution in [0.15, 0.2) is 30.5 Å². The Morgan fingerprint density at radius 2 is 1.81 bits per heavy atom. The predicted octanol–water partition coefficient (Wildman–Crippen LogP) is 5.48. The van der Waals surface area contributed by atoms with Gasteiger partial charge in [-0.2, -0.15) is 0 Å². The number of esters is 1. The van der Waals surface area contributed by atoms with Gasteiger partial charge in [0.15, 0.2) is 5.60 Å². The number of carbonyl (C=O) groups excluding carboxylic acids is 3. The number of nitrogen functional groups attached to an aromatic ring is 1. The smallest absolute Gasteiger partial charge is 0.410 e. The van der Waals surface area contributed by atoms with Crippen LogP contribution >= 0.6 is 0 Å². The minimum Gasteiger partial charge on any atom is -0.458 e. The fraction of sp³-hybridized carbons (Fsp3) is 0.686. The summed E-state index contributed by atoms with van der Waals surface area (Å²) in [6, 6.07) is 7.15. The third kappa shape index (κ3) is 7.68. The van der Waals surface area contributed by atoms with Gasteiger partial charge < -0.3 is 24.8 Å². The van der Waals surface area contributed by atoms with Crippen LogP contribution in [0.2, 0.25) is 5.82 Å². The summed E-state index contributed by atoms with van der Waals surface area (Å²) in [5.74, 6) is -3.08. The van der Waals surface area contributed by atoms with Gasteiger partial charge in [-0.05, 0) is 82.7 Å². The molecule has 12 heteroatoms. The maximum absolute atomic E-state index is 13.6. The fourth-order valence-electron chi connectivity index (χ4n) is 7.84. The molecule has 47 heavy (non-hydrogen) atoms. The Kier molecular flexibility index (Phi) is 11.5. The highest BCUT2D eigenvalue weighted by molar-refractivity contribution is 6.15. The third-order valence-corrected chi connectivity index (χ3v) is 10.5. The quantitative estimate of drug-likeness (QED) is 0.130. The van der Waals surface area contributed by atoms with E-state index < -0.39 is 47.0 Å². The van der Waals surface area contributed by atoms with Crippen molar-refractivity contribution in [3.8, 4) is 11.3 Å². The molecule has 4 rings (SSSR count). The highest BCUT2D eigenvalue weighted by Crippen LogP contribution is 2.44. The first-order valence-electron chi connectivity index (χ1n) is 17.0. The van der Waals surface area contributed by atoms with Gasteiger partial charge in [-0.3, -0.25) is 14.3 Å². The third-order valence-electron chi connectivity index (χ3n) is 10.5. The number of aryl methyl sites for hydroxylation is 1. The van der Waals surface area contributed by atoms with Gasteiger partial charge in [-0.1, -0.05) is 45.0 Å². The second-order valence-electron chi connectivity index (χ2n) is 14.2. The number of rotatable bonds is 8. The van der Waals surface area contributed by atoms with E-state index in [1.807, 2.05) is 51.2 Å². The average Bonchev–Trinajstić information content (AvgIpc) is 3.61. The van der Waals surface area contributed by atoms with Crippen LogP contribution in [-0.4, -0.2) is 82.6 Å². The standard InChI is InChI=1S/C35H52BN5O6/c1-9-28-35(7)31(22(3)17-21(2)19-34(6,45-8)30(36)23(4)29(42)24(5)32(43)46-28)41(33(44)47-35)16-11-10-15-40-20-27(38-39-40)25-13-12-14-26(37)18-25/h12-14,18,20-24,28,30-31H,9-11,15-17,19,37H2,1-8H3/t21-,22-,23-,24+,28+,30+,31+,34+,35+/m0/s1. The van der Waals surface area contributed by atoms with Gasteiger partial charge in [0.05, 0.1) is 25.7 Å². The summed E-state index contributed by atoms with van der Waals surface area (Å²) >= 11 is 0. The van der Waals surface area contributed by atoms with Crippen molar-refractivity contribution in [3.05, 3.63) is 30.5 Å². The normalized spacial score (nSPS) is 34.0. The van der Waals surface area contributed by atoms with Crippen LogP contribution in [-0.2, 0) is 30.3 Å². The molecular weight excluding hydrogens is 597 g/mol. The second-order valence-corrected chi connectivity index (χ2v) is 14.2. The number of ketones is 1. The molecule has 0 saturated carbocycles. The second kappa shape index (κ2) is 14.8. The van der Waals surface area contributed by atoms with Crippen LogP contribution in [0.1, 0.15) is 80.6 Å². The summed E-state index contributed by atoms with van der Waals surface area (Å²) in [6.45, 7) is 14.4. The van der Waals surface area contributed by atoms with Gasteiger partial charge >= 0.3 is 12.1 Å². The first kappa shape index (κ1) is 36.4. The van der Waals surface area contributed by atoms with E-state index in [1.54, 1.807) is 30.5 Å². The number of hydrogen-bond acceptors (Lipinski definition) is 9. The van der Waals surface area contributed by atoms with Crippen molar-refractivity contribution < 1.29 is 28.6 Å². The average molecular weight is 650 g/mol. The molecule has 0 unspecified atom stereocenters. The maximum Gasteiger partial charge on any atom is 0.410 e. The number of unbranched alkanes of at least 4 members (excludes halogenated alkanes) is 1. The van der Waals surface area contributed by atoms with Crippen LogP contribution in [0.3, 0.4) is 0 Å². The van der Waals surface area contributed by atoms with Gasteiger partial charge in [0.25, 0.3) is 0 Å². The van der Waals surface area contributed by atoms with Gasteiger partial charge in [0, 0.05) is 37.4 Å². The van der Waals surface area contributed by atoms with E-state index in [-0.39, 0.29) is 23.7 Å². The number of cyclic esters (lactones) is 1. The minimum absolute atomic E-state index is 0.0119. The molecular formula is C35H52BN5O6. The zero-order valence-corrected chi connectivity index (χ0v) is 29.3. The van der Waals surface area contributed by atoms with Crippen molar-refractivity contribution in [3.63, 3.8) is 0 Å². The van der Waals surface area contributed by atoms with Crippen LogP contribution < -0.4 is 5.73 Å². The number of nitrogens with two attached hydrogens (primary N) is 1. The number of aromatic nitrogens is 3. The molecule has 1 aromatic heterocycles. The molecule has 2 aromatic rings. The Hall–Kier alpha value is -3.41. The van der Waals surface area contributed by atoms with Gasteiger partial charge in [0.2, 0.25) is 0 Å². The van der Waals surface area contributed by atoms with Crippen LogP contribution in [0, 0.1) is 23.7 Å². The number of benzene rings is 1. The Morgan fingerprint density at radius 1 is 1.11 bits per heavy atom. The van der Waals surface area contributed by atoms with E-state index in [2.05, 4.69) is 24.2 Å². The SMILES string of the molecule is [B][C@@H]1[C@@H](C)C(=O)[C@@H](C)C(=O)O[C@H](CC)[C@@]2(C)OC(=O)N(CCCCn3cc(-c4cccc(N)c4)nn3)[C@@H]2[C@@H](C)C[C@H](C)C[C@@]1(C)OC. The molecule has 0 spiro atoms.